The molecular weight excluding hydrogens is 291 g/mol. The van der Waals surface area contributed by atoms with Crippen LogP contribution in [0.15, 0.2) is 24.3 Å². The van der Waals surface area contributed by atoms with Crippen molar-refractivity contribution >= 4 is 0 Å². The van der Waals surface area contributed by atoms with Gasteiger partial charge in [-0.1, -0.05) is 12.1 Å². The van der Waals surface area contributed by atoms with Crippen molar-refractivity contribution in [3.63, 3.8) is 0 Å². The number of hydrogen-bond donors (Lipinski definition) is 0. The smallest absolute Gasteiger partial charge is 0.123 e. The third kappa shape index (κ3) is 3.79. The molecule has 0 amide bonds. The molecule has 2 aromatic rings. The molecule has 1 aromatic carbocycles. The van der Waals surface area contributed by atoms with Gasteiger partial charge < -0.3 is 0 Å². The summed E-state index contributed by atoms with van der Waals surface area (Å²) in [5.74, 6) is -0.149. The van der Waals surface area contributed by atoms with Crippen molar-refractivity contribution in [2.45, 2.75) is 26.9 Å². The van der Waals surface area contributed by atoms with Gasteiger partial charge in [-0.15, -0.1) is 0 Å². The molecule has 124 valence electrons. The minimum absolute atomic E-state index is 0.149. The van der Waals surface area contributed by atoms with Gasteiger partial charge in [-0.3, -0.25) is 14.5 Å². The summed E-state index contributed by atoms with van der Waals surface area (Å²) >= 11 is 0. The highest BCUT2D eigenvalue weighted by atomic mass is 19.1. The van der Waals surface area contributed by atoms with Gasteiger partial charge in [-0.25, -0.2) is 4.39 Å². The number of hydrogen-bond acceptors (Lipinski definition) is 3. The number of piperazine rings is 1. The Labute approximate surface area is 137 Å². The lowest BCUT2D eigenvalue weighted by molar-refractivity contribution is 0.121. The van der Waals surface area contributed by atoms with Gasteiger partial charge in [0.05, 0.1) is 5.69 Å². The van der Waals surface area contributed by atoms with Gasteiger partial charge in [0.15, 0.2) is 0 Å². The largest absolute Gasteiger partial charge is 0.297 e. The summed E-state index contributed by atoms with van der Waals surface area (Å²) in [5, 5.41) is 4.50. The minimum atomic E-state index is -0.149. The average Bonchev–Trinajstić information content (AvgIpc) is 2.76. The fourth-order valence-electron chi connectivity index (χ4n) is 3.27. The summed E-state index contributed by atoms with van der Waals surface area (Å²) in [4.78, 5) is 4.88. The number of benzene rings is 1. The molecule has 0 radical (unpaired) electrons. The molecule has 0 spiro atoms. The molecule has 1 aliphatic rings. The van der Waals surface area contributed by atoms with Crippen molar-refractivity contribution in [2.75, 3.05) is 26.2 Å². The van der Waals surface area contributed by atoms with Gasteiger partial charge >= 0.3 is 0 Å². The molecule has 23 heavy (non-hydrogen) atoms. The van der Waals surface area contributed by atoms with Crippen LogP contribution in [0, 0.1) is 19.7 Å². The summed E-state index contributed by atoms with van der Waals surface area (Å²) in [5.41, 5.74) is 4.79. The van der Waals surface area contributed by atoms with Crippen LogP contribution < -0.4 is 0 Å². The standard InChI is InChI=1S/C18H25FN4/c1-14-18(15(2)21(3)20-14)13-23-9-7-22(8-10-23)12-16-5-4-6-17(19)11-16/h4-6,11H,7-10,12-13H2,1-3H3. The Morgan fingerprint density at radius 2 is 1.70 bits per heavy atom. The van der Waals surface area contributed by atoms with E-state index >= 15 is 0 Å². The van der Waals surface area contributed by atoms with Crippen molar-refractivity contribution < 1.29 is 4.39 Å². The molecule has 0 saturated carbocycles. The quantitative estimate of drug-likeness (QED) is 0.866. The van der Waals surface area contributed by atoms with Crippen molar-refractivity contribution in [1.29, 1.82) is 0 Å². The van der Waals surface area contributed by atoms with Crippen LogP contribution >= 0.6 is 0 Å². The summed E-state index contributed by atoms with van der Waals surface area (Å²) in [6.45, 7) is 10.2. The maximum Gasteiger partial charge on any atom is 0.123 e. The fraction of sp³-hybridized carbons (Fsp3) is 0.500. The Bertz CT molecular complexity index is 672. The van der Waals surface area contributed by atoms with E-state index in [2.05, 4.69) is 28.7 Å². The SMILES string of the molecule is Cc1nn(C)c(C)c1CN1CCN(Cc2cccc(F)c2)CC1. The van der Waals surface area contributed by atoms with E-state index in [4.69, 9.17) is 0 Å². The second-order valence-electron chi connectivity index (χ2n) is 6.46. The maximum absolute atomic E-state index is 13.3. The monoisotopic (exact) mass is 316 g/mol. The molecule has 0 aliphatic carbocycles. The van der Waals surface area contributed by atoms with E-state index in [0.29, 0.717) is 0 Å². The van der Waals surface area contributed by atoms with E-state index < -0.39 is 0 Å². The molecule has 0 unspecified atom stereocenters. The highest BCUT2D eigenvalue weighted by Crippen LogP contribution is 2.17. The molecule has 1 aliphatic heterocycles. The second-order valence-corrected chi connectivity index (χ2v) is 6.46. The van der Waals surface area contributed by atoms with E-state index in [9.17, 15) is 4.39 Å². The van der Waals surface area contributed by atoms with E-state index in [1.165, 1.54) is 17.3 Å². The first-order valence-corrected chi connectivity index (χ1v) is 8.21. The third-order valence-electron chi connectivity index (χ3n) is 4.80. The van der Waals surface area contributed by atoms with Gasteiger partial charge in [-0.05, 0) is 31.5 Å². The van der Waals surface area contributed by atoms with Crippen molar-refractivity contribution in [3.8, 4) is 0 Å². The van der Waals surface area contributed by atoms with Crippen LogP contribution in [0.1, 0.15) is 22.5 Å². The molecule has 5 heteroatoms. The zero-order valence-corrected chi connectivity index (χ0v) is 14.2. The van der Waals surface area contributed by atoms with Gasteiger partial charge in [0, 0.05) is 57.6 Å². The van der Waals surface area contributed by atoms with Crippen LogP contribution in [-0.2, 0) is 20.1 Å². The lowest BCUT2D eigenvalue weighted by Crippen LogP contribution is -2.45. The van der Waals surface area contributed by atoms with Crippen molar-refractivity contribution in [2.24, 2.45) is 7.05 Å². The van der Waals surface area contributed by atoms with E-state index in [-0.39, 0.29) is 5.82 Å². The molecule has 0 atom stereocenters. The maximum atomic E-state index is 13.3. The Morgan fingerprint density at radius 3 is 2.26 bits per heavy atom. The first kappa shape index (κ1) is 16.1. The highest BCUT2D eigenvalue weighted by molar-refractivity contribution is 5.24. The van der Waals surface area contributed by atoms with Crippen LogP contribution in [0.3, 0.4) is 0 Å². The average molecular weight is 316 g/mol. The fourth-order valence-corrected chi connectivity index (χ4v) is 3.27. The molecule has 4 nitrogen and oxygen atoms in total. The molecule has 3 rings (SSSR count). The van der Waals surface area contributed by atoms with Crippen molar-refractivity contribution in [3.05, 3.63) is 52.6 Å². The molecule has 0 bridgehead atoms. The Kier molecular flexibility index (Phi) is 4.78. The number of aryl methyl sites for hydroxylation is 2. The lowest BCUT2D eigenvalue weighted by atomic mass is 10.1. The zero-order valence-electron chi connectivity index (χ0n) is 14.2. The number of halogens is 1. The van der Waals surface area contributed by atoms with E-state index in [1.807, 2.05) is 17.8 Å². The number of aromatic nitrogens is 2. The summed E-state index contributed by atoms with van der Waals surface area (Å²) in [6, 6.07) is 6.92. The van der Waals surface area contributed by atoms with Crippen molar-refractivity contribution in [1.82, 2.24) is 19.6 Å². The van der Waals surface area contributed by atoms with E-state index in [0.717, 1.165) is 50.5 Å². The van der Waals surface area contributed by atoms with Crippen LogP contribution in [0.4, 0.5) is 4.39 Å². The number of nitrogens with zero attached hydrogens (tertiary/aromatic N) is 4. The molecule has 1 saturated heterocycles. The van der Waals surface area contributed by atoms with Gasteiger partial charge in [0.25, 0.3) is 0 Å². The number of rotatable bonds is 4. The normalized spacial score (nSPS) is 16.9. The van der Waals surface area contributed by atoms with Gasteiger partial charge in [0.2, 0.25) is 0 Å². The second kappa shape index (κ2) is 6.81. The molecule has 2 heterocycles. The van der Waals surface area contributed by atoms with Crippen LogP contribution in [0.5, 0.6) is 0 Å². The van der Waals surface area contributed by atoms with Gasteiger partial charge in [-0.2, -0.15) is 5.10 Å². The first-order valence-electron chi connectivity index (χ1n) is 8.21. The van der Waals surface area contributed by atoms with Crippen LogP contribution in [-0.4, -0.2) is 45.8 Å². The minimum Gasteiger partial charge on any atom is -0.297 e. The highest BCUT2D eigenvalue weighted by Gasteiger charge is 2.19. The van der Waals surface area contributed by atoms with Gasteiger partial charge in [0.1, 0.15) is 5.82 Å². The predicted octanol–water partition coefficient (Wildman–Crippen LogP) is 2.49. The Balaban J connectivity index is 1.54. The Morgan fingerprint density at radius 1 is 1.04 bits per heavy atom. The predicted molar refractivity (Wildman–Crippen MR) is 89.6 cm³/mol. The first-order chi connectivity index (χ1) is 11.0. The van der Waals surface area contributed by atoms with E-state index in [1.54, 1.807) is 12.1 Å². The van der Waals surface area contributed by atoms with Crippen LogP contribution in [0.25, 0.3) is 0 Å². The van der Waals surface area contributed by atoms with Crippen LogP contribution in [0.2, 0.25) is 0 Å². The molecule has 0 N–H and O–H groups in total. The zero-order chi connectivity index (χ0) is 16.4. The Hall–Kier alpha value is -1.72. The molecule has 1 aromatic heterocycles. The lowest BCUT2D eigenvalue weighted by Gasteiger charge is -2.34. The third-order valence-corrected chi connectivity index (χ3v) is 4.80. The summed E-state index contributed by atoms with van der Waals surface area (Å²) in [6.07, 6.45) is 0. The summed E-state index contributed by atoms with van der Waals surface area (Å²) in [7, 11) is 2.00. The summed E-state index contributed by atoms with van der Waals surface area (Å²) < 4.78 is 15.2. The topological polar surface area (TPSA) is 24.3 Å². The molecular formula is C18H25FN4. The molecule has 1 fully saturated rings.